The number of nitrogens with zero attached hydrogens (tertiary/aromatic N) is 1. The summed E-state index contributed by atoms with van der Waals surface area (Å²) in [5.41, 5.74) is 1.35. The zero-order valence-electron chi connectivity index (χ0n) is 11.2. The number of benzene rings is 1. The molecule has 0 radical (unpaired) electrons. The van der Waals surface area contributed by atoms with Gasteiger partial charge >= 0.3 is 7.05 Å². The van der Waals surface area contributed by atoms with Crippen molar-refractivity contribution in [1.82, 2.24) is 4.81 Å². The Bertz CT molecular complexity index is 383. The van der Waals surface area contributed by atoms with Crippen LogP contribution in [0.3, 0.4) is 0 Å². The van der Waals surface area contributed by atoms with Crippen LogP contribution in [0.2, 0.25) is 6.32 Å². The summed E-state index contributed by atoms with van der Waals surface area (Å²) in [6, 6.07) is 11.4. The monoisotopic (exact) mass is 243 g/mol. The van der Waals surface area contributed by atoms with E-state index in [-0.39, 0.29) is 0 Å². The van der Waals surface area contributed by atoms with Gasteiger partial charge in [0.25, 0.3) is 0 Å². The molecule has 1 aromatic carbocycles. The number of fused-ring (bicyclic) bond motifs is 1. The van der Waals surface area contributed by atoms with E-state index < -0.39 is 0 Å². The van der Waals surface area contributed by atoms with Crippen molar-refractivity contribution < 1.29 is 4.65 Å². The SMILES string of the molecule is CCCCB1O[C@@H](c2ccccc2)C2CCCN12. The van der Waals surface area contributed by atoms with E-state index in [1.807, 2.05) is 0 Å². The third kappa shape index (κ3) is 2.22. The van der Waals surface area contributed by atoms with Crippen LogP contribution in [-0.2, 0) is 4.65 Å². The Kier molecular flexibility index (Phi) is 3.71. The summed E-state index contributed by atoms with van der Waals surface area (Å²) in [5, 5.41) is 0. The molecule has 2 heterocycles. The summed E-state index contributed by atoms with van der Waals surface area (Å²) < 4.78 is 6.34. The van der Waals surface area contributed by atoms with Crippen molar-refractivity contribution in [3.8, 4) is 0 Å². The summed E-state index contributed by atoms with van der Waals surface area (Å²) in [5.74, 6) is 0. The molecule has 1 aromatic rings. The van der Waals surface area contributed by atoms with E-state index in [4.69, 9.17) is 4.65 Å². The molecule has 0 aromatic heterocycles. The van der Waals surface area contributed by atoms with Gasteiger partial charge in [0.05, 0.1) is 6.10 Å². The van der Waals surface area contributed by atoms with Gasteiger partial charge in [0, 0.05) is 6.04 Å². The van der Waals surface area contributed by atoms with Crippen LogP contribution in [-0.4, -0.2) is 24.4 Å². The zero-order valence-corrected chi connectivity index (χ0v) is 11.2. The van der Waals surface area contributed by atoms with Crippen molar-refractivity contribution in [3.05, 3.63) is 35.9 Å². The maximum atomic E-state index is 6.34. The average Bonchev–Trinajstić information content (AvgIpc) is 3.00. The Balaban J connectivity index is 1.76. The topological polar surface area (TPSA) is 12.5 Å². The van der Waals surface area contributed by atoms with Crippen LogP contribution < -0.4 is 0 Å². The summed E-state index contributed by atoms with van der Waals surface area (Å²) >= 11 is 0. The first-order valence-electron chi connectivity index (χ1n) is 7.36. The molecule has 2 aliphatic rings. The lowest BCUT2D eigenvalue weighted by Gasteiger charge is -2.19. The number of hydrogen-bond acceptors (Lipinski definition) is 2. The third-order valence-electron chi connectivity index (χ3n) is 4.30. The second-order valence-corrected chi connectivity index (χ2v) is 5.51. The Morgan fingerprint density at radius 2 is 2.17 bits per heavy atom. The first-order chi connectivity index (χ1) is 8.90. The molecular weight excluding hydrogens is 221 g/mol. The number of hydrogen-bond donors (Lipinski definition) is 0. The minimum Gasteiger partial charge on any atom is -0.413 e. The molecule has 18 heavy (non-hydrogen) atoms. The quantitative estimate of drug-likeness (QED) is 0.750. The molecule has 0 spiro atoms. The van der Waals surface area contributed by atoms with Crippen molar-refractivity contribution in [2.75, 3.05) is 6.54 Å². The van der Waals surface area contributed by atoms with Crippen LogP contribution in [0.5, 0.6) is 0 Å². The van der Waals surface area contributed by atoms with Gasteiger partial charge in [0.15, 0.2) is 0 Å². The van der Waals surface area contributed by atoms with Crippen LogP contribution in [0.4, 0.5) is 0 Å². The van der Waals surface area contributed by atoms with Gasteiger partial charge in [0.2, 0.25) is 0 Å². The van der Waals surface area contributed by atoms with Crippen LogP contribution in [0.15, 0.2) is 30.3 Å². The van der Waals surface area contributed by atoms with Crippen molar-refractivity contribution in [1.29, 1.82) is 0 Å². The first kappa shape index (κ1) is 12.2. The summed E-state index contributed by atoms with van der Waals surface area (Å²) in [4.78, 5) is 2.60. The molecule has 2 atom stereocenters. The van der Waals surface area contributed by atoms with Gasteiger partial charge < -0.3 is 9.47 Å². The second-order valence-electron chi connectivity index (χ2n) is 5.51. The van der Waals surface area contributed by atoms with Gasteiger partial charge in [-0.3, -0.25) is 0 Å². The van der Waals surface area contributed by atoms with Gasteiger partial charge in [-0.1, -0.05) is 50.1 Å². The minimum atomic E-state index is 0.301. The van der Waals surface area contributed by atoms with Crippen LogP contribution in [0.25, 0.3) is 0 Å². The molecule has 2 fully saturated rings. The molecule has 0 bridgehead atoms. The predicted octanol–water partition coefficient (Wildman–Crippen LogP) is 3.51. The predicted molar refractivity (Wildman–Crippen MR) is 75.5 cm³/mol. The molecule has 2 nitrogen and oxygen atoms in total. The molecule has 3 heteroatoms. The largest absolute Gasteiger partial charge is 0.413 e. The lowest BCUT2D eigenvalue weighted by Crippen LogP contribution is -2.36. The van der Waals surface area contributed by atoms with Crippen molar-refractivity contribution in [2.45, 2.75) is 51.1 Å². The fourth-order valence-electron chi connectivity index (χ4n) is 3.39. The van der Waals surface area contributed by atoms with Crippen LogP contribution >= 0.6 is 0 Å². The van der Waals surface area contributed by atoms with Gasteiger partial charge in [0.1, 0.15) is 0 Å². The first-order valence-corrected chi connectivity index (χ1v) is 7.36. The number of rotatable bonds is 4. The van der Waals surface area contributed by atoms with E-state index in [0.29, 0.717) is 19.2 Å². The van der Waals surface area contributed by atoms with Gasteiger partial charge in [-0.25, -0.2) is 0 Å². The molecule has 0 aliphatic carbocycles. The molecular formula is C15H22BNO. The zero-order chi connectivity index (χ0) is 12.4. The molecule has 0 N–H and O–H groups in total. The molecule has 2 saturated heterocycles. The highest BCUT2D eigenvalue weighted by Crippen LogP contribution is 2.40. The Morgan fingerprint density at radius 3 is 2.94 bits per heavy atom. The van der Waals surface area contributed by atoms with E-state index in [1.54, 1.807) is 0 Å². The van der Waals surface area contributed by atoms with Crippen LogP contribution in [0, 0.1) is 0 Å². The van der Waals surface area contributed by atoms with E-state index in [1.165, 1.54) is 44.1 Å². The highest BCUT2D eigenvalue weighted by atomic mass is 16.5. The Labute approximate surface area is 110 Å². The van der Waals surface area contributed by atoms with Crippen molar-refractivity contribution in [2.24, 2.45) is 0 Å². The molecule has 0 saturated carbocycles. The highest BCUT2D eigenvalue weighted by Gasteiger charge is 2.47. The highest BCUT2D eigenvalue weighted by molar-refractivity contribution is 6.49. The Morgan fingerprint density at radius 1 is 1.33 bits per heavy atom. The average molecular weight is 243 g/mol. The third-order valence-corrected chi connectivity index (χ3v) is 4.30. The molecule has 0 amide bonds. The summed E-state index contributed by atoms with van der Waals surface area (Å²) in [6.45, 7) is 3.48. The molecule has 3 rings (SSSR count). The van der Waals surface area contributed by atoms with E-state index in [2.05, 4.69) is 42.1 Å². The molecule has 2 aliphatic heterocycles. The van der Waals surface area contributed by atoms with E-state index >= 15 is 0 Å². The lowest BCUT2D eigenvalue weighted by molar-refractivity contribution is 0.205. The second kappa shape index (κ2) is 5.46. The van der Waals surface area contributed by atoms with E-state index in [0.717, 1.165) is 0 Å². The summed E-state index contributed by atoms with van der Waals surface area (Å²) in [6.07, 6.45) is 6.65. The molecule has 1 unspecified atom stereocenters. The van der Waals surface area contributed by atoms with Crippen molar-refractivity contribution in [3.63, 3.8) is 0 Å². The maximum absolute atomic E-state index is 6.34. The standard InChI is InChI=1S/C15H22BNO/c1-2-3-11-16-17-12-7-10-14(17)15(18-16)13-8-5-4-6-9-13/h4-6,8-9,14-15H,2-3,7,10-12H2,1H3/t14?,15-/m0/s1. The fraction of sp³-hybridized carbons (Fsp3) is 0.600. The van der Waals surface area contributed by atoms with E-state index in [9.17, 15) is 0 Å². The maximum Gasteiger partial charge on any atom is 0.383 e. The van der Waals surface area contributed by atoms with Crippen molar-refractivity contribution >= 4 is 7.05 Å². The van der Waals surface area contributed by atoms with Gasteiger partial charge in [-0.05, 0) is 31.3 Å². The smallest absolute Gasteiger partial charge is 0.383 e. The van der Waals surface area contributed by atoms with Gasteiger partial charge in [-0.2, -0.15) is 0 Å². The molecule has 96 valence electrons. The minimum absolute atomic E-state index is 0.301. The number of unbranched alkanes of at least 4 members (excludes halogenated alkanes) is 1. The summed E-state index contributed by atoms with van der Waals surface area (Å²) in [7, 11) is 0.364. The Hall–Kier alpha value is -0.795. The fourth-order valence-corrected chi connectivity index (χ4v) is 3.39. The normalized spacial score (nSPS) is 27.7. The lowest BCUT2D eigenvalue weighted by atomic mass is 9.75. The van der Waals surface area contributed by atoms with Gasteiger partial charge in [-0.15, -0.1) is 0 Å². The van der Waals surface area contributed by atoms with Crippen LogP contribution in [0.1, 0.15) is 44.3 Å².